The first kappa shape index (κ1) is 20.7. The maximum absolute atomic E-state index is 14.8. The van der Waals surface area contributed by atoms with Gasteiger partial charge >= 0.3 is 6.09 Å². The summed E-state index contributed by atoms with van der Waals surface area (Å²) in [5.74, 6) is -0.705. The van der Waals surface area contributed by atoms with E-state index >= 15 is 0 Å². The number of hydrogen-bond donors (Lipinski definition) is 2. The van der Waals surface area contributed by atoms with Gasteiger partial charge in [-0.05, 0) is 36.6 Å². The van der Waals surface area contributed by atoms with E-state index in [1.54, 1.807) is 12.1 Å². The quantitative estimate of drug-likeness (QED) is 0.423. The van der Waals surface area contributed by atoms with Gasteiger partial charge in [-0.2, -0.15) is 0 Å². The van der Waals surface area contributed by atoms with Crippen LogP contribution in [0.25, 0.3) is 10.4 Å². The first-order chi connectivity index (χ1) is 13.8. The molecule has 2 aliphatic heterocycles. The number of nitrogens with one attached hydrogen (secondary N) is 1. The predicted molar refractivity (Wildman–Crippen MR) is 103 cm³/mol. The summed E-state index contributed by atoms with van der Waals surface area (Å²) in [6, 6.07) is 4.51. The van der Waals surface area contributed by atoms with Crippen LogP contribution < -0.4 is 15.1 Å². The van der Waals surface area contributed by atoms with Crippen molar-refractivity contribution in [2.75, 3.05) is 42.5 Å². The van der Waals surface area contributed by atoms with Gasteiger partial charge in [-0.25, -0.2) is 9.18 Å². The van der Waals surface area contributed by atoms with Crippen molar-refractivity contribution < 1.29 is 23.8 Å². The maximum Gasteiger partial charge on any atom is 0.414 e. The van der Waals surface area contributed by atoms with Crippen LogP contribution in [0, 0.1) is 5.82 Å². The van der Waals surface area contributed by atoms with Gasteiger partial charge in [0.25, 0.3) is 0 Å². The SMILES string of the molecule is CC(=O)NCC1CN(c2ccc(N3CCC(O)(CN=[N+]=[N-])CC3)c(F)c2)C(=O)O1. The number of anilines is 2. The molecule has 2 N–H and O–H groups in total. The van der Waals surface area contributed by atoms with Crippen LogP contribution >= 0.6 is 0 Å². The van der Waals surface area contributed by atoms with Crippen molar-refractivity contribution in [1.82, 2.24) is 5.32 Å². The van der Waals surface area contributed by atoms with E-state index in [9.17, 15) is 19.1 Å². The molecule has 0 saturated carbocycles. The predicted octanol–water partition coefficient (Wildman–Crippen LogP) is 1.93. The summed E-state index contributed by atoms with van der Waals surface area (Å²) in [4.78, 5) is 28.9. The fraction of sp³-hybridized carbons (Fsp3) is 0.556. The smallest absolute Gasteiger partial charge is 0.414 e. The lowest BCUT2D eigenvalue weighted by Crippen LogP contribution is -2.46. The minimum Gasteiger partial charge on any atom is -0.442 e. The number of aliphatic hydroxyl groups is 1. The van der Waals surface area contributed by atoms with Gasteiger partial charge in [-0.1, -0.05) is 5.11 Å². The molecule has 1 atom stereocenters. The molecule has 2 aliphatic rings. The summed E-state index contributed by atoms with van der Waals surface area (Å²) >= 11 is 0. The highest BCUT2D eigenvalue weighted by molar-refractivity contribution is 5.90. The number of carbonyl (C=O) groups excluding carboxylic acids is 2. The topological polar surface area (TPSA) is 131 Å². The first-order valence-corrected chi connectivity index (χ1v) is 9.32. The Hall–Kier alpha value is -3.04. The number of ether oxygens (including phenoxy) is 1. The molecule has 2 saturated heterocycles. The van der Waals surface area contributed by atoms with Gasteiger partial charge in [-0.3, -0.25) is 9.69 Å². The Kier molecular flexibility index (Phi) is 6.09. The number of carbonyl (C=O) groups is 2. The largest absolute Gasteiger partial charge is 0.442 e. The number of cyclic esters (lactones) is 1. The standard InChI is InChI=1S/C18H23FN6O4/c1-12(26)21-9-14-10-25(17(27)29-14)13-2-3-16(15(19)8-13)24-6-4-18(28,5-7-24)11-22-23-20/h2-3,8,14,28H,4-7,9-11H2,1H3,(H,21,26). The Morgan fingerprint density at radius 2 is 2.21 bits per heavy atom. The molecule has 2 fully saturated rings. The summed E-state index contributed by atoms with van der Waals surface area (Å²) in [6.07, 6.45) is -0.369. The Bertz CT molecular complexity index is 836. The van der Waals surface area contributed by atoms with E-state index < -0.39 is 23.6 Å². The van der Waals surface area contributed by atoms with Gasteiger partial charge in [0.2, 0.25) is 5.91 Å². The third-order valence-electron chi connectivity index (χ3n) is 5.16. The average molecular weight is 406 g/mol. The van der Waals surface area contributed by atoms with Gasteiger partial charge in [0.05, 0.1) is 36.6 Å². The zero-order valence-corrected chi connectivity index (χ0v) is 16.0. The molecule has 1 unspecified atom stereocenters. The van der Waals surface area contributed by atoms with E-state index in [1.807, 2.05) is 4.90 Å². The van der Waals surface area contributed by atoms with Crippen molar-refractivity contribution >= 4 is 23.4 Å². The van der Waals surface area contributed by atoms with E-state index in [0.717, 1.165) is 0 Å². The number of nitrogens with zero attached hydrogens (tertiary/aromatic N) is 5. The lowest BCUT2D eigenvalue weighted by Gasteiger charge is -2.38. The van der Waals surface area contributed by atoms with Crippen molar-refractivity contribution in [3.8, 4) is 0 Å². The van der Waals surface area contributed by atoms with Crippen molar-refractivity contribution in [1.29, 1.82) is 0 Å². The van der Waals surface area contributed by atoms with E-state index in [-0.39, 0.29) is 25.5 Å². The average Bonchev–Trinajstić information content (AvgIpc) is 3.06. The zero-order valence-electron chi connectivity index (χ0n) is 16.0. The van der Waals surface area contributed by atoms with Gasteiger partial charge in [-0.15, -0.1) is 0 Å². The van der Waals surface area contributed by atoms with Gasteiger partial charge < -0.3 is 20.1 Å². The number of piperidine rings is 1. The molecule has 156 valence electrons. The molecule has 0 radical (unpaired) electrons. The fourth-order valence-electron chi connectivity index (χ4n) is 3.50. The summed E-state index contributed by atoms with van der Waals surface area (Å²) in [7, 11) is 0. The molecule has 0 aliphatic carbocycles. The molecule has 2 heterocycles. The van der Waals surface area contributed by atoms with Gasteiger partial charge in [0, 0.05) is 24.9 Å². The molecule has 3 rings (SSSR count). The normalized spacial score (nSPS) is 20.8. The Balaban J connectivity index is 1.64. The van der Waals surface area contributed by atoms with Crippen LogP contribution in [0.1, 0.15) is 19.8 Å². The molecule has 11 heteroatoms. The number of benzene rings is 1. The number of halogens is 1. The highest BCUT2D eigenvalue weighted by atomic mass is 19.1. The summed E-state index contributed by atoms with van der Waals surface area (Å²) in [6.45, 7) is 2.62. The molecule has 2 amide bonds. The minimum atomic E-state index is -1.07. The molecule has 10 nitrogen and oxygen atoms in total. The first-order valence-electron chi connectivity index (χ1n) is 9.32. The fourth-order valence-corrected chi connectivity index (χ4v) is 3.50. The van der Waals surface area contributed by atoms with Crippen molar-refractivity contribution in [2.45, 2.75) is 31.5 Å². The monoisotopic (exact) mass is 406 g/mol. The highest BCUT2D eigenvalue weighted by Crippen LogP contribution is 2.31. The van der Waals surface area contributed by atoms with E-state index in [4.69, 9.17) is 10.3 Å². The molecule has 1 aromatic rings. The van der Waals surface area contributed by atoms with Crippen LogP contribution in [0.15, 0.2) is 23.3 Å². The molecule has 29 heavy (non-hydrogen) atoms. The van der Waals surface area contributed by atoms with E-state index in [0.29, 0.717) is 37.3 Å². The molecule has 0 aromatic heterocycles. The van der Waals surface area contributed by atoms with Crippen LogP contribution in [-0.2, 0) is 9.53 Å². The second-order valence-electron chi connectivity index (χ2n) is 7.29. The maximum atomic E-state index is 14.8. The van der Waals surface area contributed by atoms with Crippen LogP contribution in [-0.4, -0.2) is 61.5 Å². The lowest BCUT2D eigenvalue weighted by atomic mass is 9.91. The third-order valence-corrected chi connectivity index (χ3v) is 5.16. The molecule has 1 aromatic carbocycles. The number of azide groups is 1. The van der Waals surface area contributed by atoms with Crippen molar-refractivity contribution in [3.63, 3.8) is 0 Å². The van der Waals surface area contributed by atoms with Crippen LogP contribution in [0.2, 0.25) is 0 Å². The van der Waals surface area contributed by atoms with E-state index in [1.165, 1.54) is 17.9 Å². The number of hydrogen-bond acceptors (Lipinski definition) is 6. The summed E-state index contributed by atoms with van der Waals surface area (Å²) in [5, 5.41) is 16.4. The lowest BCUT2D eigenvalue weighted by molar-refractivity contribution is -0.119. The van der Waals surface area contributed by atoms with Gasteiger partial charge in [0.15, 0.2) is 0 Å². The van der Waals surface area contributed by atoms with Crippen LogP contribution in [0.3, 0.4) is 0 Å². The molecule has 0 spiro atoms. The third kappa shape index (κ3) is 4.87. The second kappa shape index (κ2) is 8.54. The van der Waals surface area contributed by atoms with E-state index in [2.05, 4.69) is 15.3 Å². The zero-order chi connectivity index (χ0) is 21.0. The molecular formula is C18H23FN6O4. The van der Waals surface area contributed by atoms with Gasteiger partial charge in [0.1, 0.15) is 11.9 Å². The molecule has 0 bridgehead atoms. The number of amides is 2. The van der Waals surface area contributed by atoms with Crippen LogP contribution in [0.4, 0.5) is 20.6 Å². The van der Waals surface area contributed by atoms with Crippen molar-refractivity contribution in [3.05, 3.63) is 34.5 Å². The molecular weight excluding hydrogens is 383 g/mol. The number of rotatable bonds is 6. The summed E-state index contributed by atoms with van der Waals surface area (Å²) < 4.78 is 20.0. The Morgan fingerprint density at radius 3 is 2.83 bits per heavy atom. The van der Waals surface area contributed by atoms with Crippen molar-refractivity contribution in [2.24, 2.45) is 5.11 Å². The summed E-state index contributed by atoms with van der Waals surface area (Å²) in [5.41, 5.74) is 8.10. The second-order valence-corrected chi connectivity index (χ2v) is 7.29. The van der Waals surface area contributed by atoms with Crippen LogP contribution in [0.5, 0.6) is 0 Å². The Labute approximate surface area is 166 Å². The minimum absolute atomic E-state index is 0.00448. The Morgan fingerprint density at radius 1 is 1.48 bits per heavy atom. The highest BCUT2D eigenvalue weighted by Gasteiger charge is 2.34.